The molecule has 1 aromatic carbocycles. The van der Waals surface area contributed by atoms with Crippen LogP contribution < -0.4 is 0 Å². The molecule has 1 aromatic rings. The van der Waals surface area contributed by atoms with Crippen LogP contribution in [0, 0.1) is 0 Å². The van der Waals surface area contributed by atoms with E-state index in [1.54, 1.807) is 0 Å². The van der Waals surface area contributed by atoms with E-state index in [9.17, 15) is 0 Å². The average molecular weight is 241 g/mol. The second-order valence-corrected chi connectivity index (χ2v) is 4.53. The third-order valence-corrected chi connectivity index (χ3v) is 3.36. The summed E-state index contributed by atoms with van der Waals surface area (Å²) in [6, 6.07) is 10.3. The van der Waals surface area contributed by atoms with Gasteiger partial charge in [0.25, 0.3) is 0 Å². The van der Waals surface area contributed by atoms with E-state index in [0.29, 0.717) is 0 Å². The number of hydrogen-bond donors (Lipinski definition) is 0. The summed E-state index contributed by atoms with van der Waals surface area (Å²) in [4.78, 5) is 5.69. The molecule has 0 fully saturated rings. The van der Waals surface area contributed by atoms with Crippen molar-refractivity contribution in [1.29, 1.82) is 0 Å². The number of rotatable bonds is 5. The van der Waals surface area contributed by atoms with Crippen molar-refractivity contribution >= 4 is 6.21 Å². The fraction of sp³-hybridized carbons (Fsp3) is 0.312. The van der Waals surface area contributed by atoms with E-state index >= 15 is 0 Å². The zero-order valence-corrected chi connectivity index (χ0v) is 10.8. The van der Waals surface area contributed by atoms with E-state index in [1.165, 1.54) is 5.57 Å². The summed E-state index contributed by atoms with van der Waals surface area (Å²) >= 11 is 0. The Hall–Kier alpha value is -1.83. The van der Waals surface area contributed by atoms with E-state index in [-0.39, 0.29) is 0 Å². The van der Waals surface area contributed by atoms with Gasteiger partial charge < -0.3 is 4.84 Å². The van der Waals surface area contributed by atoms with Crippen molar-refractivity contribution in [2.24, 2.45) is 5.16 Å². The first kappa shape index (κ1) is 12.6. The number of unbranched alkanes of at least 4 members (excludes halogenated alkanes) is 1. The first-order chi connectivity index (χ1) is 8.79. The van der Waals surface area contributed by atoms with Crippen molar-refractivity contribution in [3.05, 3.63) is 60.2 Å². The molecular formula is C16H19NO. The molecule has 1 unspecified atom stereocenters. The molecule has 0 aromatic heterocycles. The minimum atomic E-state index is -0.400. The average Bonchev–Trinajstić information content (AvgIpc) is 2.90. The van der Waals surface area contributed by atoms with E-state index in [4.69, 9.17) is 4.84 Å². The van der Waals surface area contributed by atoms with Crippen LogP contribution in [0.4, 0.5) is 0 Å². The van der Waals surface area contributed by atoms with Gasteiger partial charge in [-0.2, -0.15) is 0 Å². The molecule has 1 atom stereocenters. The fourth-order valence-electron chi connectivity index (χ4n) is 2.25. The molecule has 94 valence electrons. The molecule has 0 spiro atoms. The van der Waals surface area contributed by atoms with Gasteiger partial charge in [-0.05, 0) is 25.3 Å². The third-order valence-electron chi connectivity index (χ3n) is 3.36. The zero-order chi connectivity index (χ0) is 12.8. The lowest BCUT2D eigenvalue weighted by molar-refractivity contribution is 0.00756. The number of allylic oxidation sites excluding steroid dienone is 2. The van der Waals surface area contributed by atoms with E-state index in [0.717, 1.165) is 24.8 Å². The van der Waals surface area contributed by atoms with Crippen molar-refractivity contribution < 1.29 is 4.84 Å². The van der Waals surface area contributed by atoms with Crippen molar-refractivity contribution in [1.82, 2.24) is 0 Å². The number of benzene rings is 1. The summed E-state index contributed by atoms with van der Waals surface area (Å²) in [6.07, 6.45) is 8.79. The van der Waals surface area contributed by atoms with Gasteiger partial charge in [0.05, 0.1) is 0 Å². The fourth-order valence-corrected chi connectivity index (χ4v) is 2.25. The highest BCUT2D eigenvalue weighted by Gasteiger charge is 2.38. The second-order valence-electron chi connectivity index (χ2n) is 4.53. The molecule has 1 aliphatic rings. The Kier molecular flexibility index (Phi) is 3.98. The number of nitrogens with zero attached hydrogens (tertiary/aromatic N) is 1. The lowest BCUT2D eigenvalue weighted by Crippen LogP contribution is -2.26. The SMILES string of the molecule is C=CCC/C=C(\C)C1(c2ccccc2)CC=NO1. The van der Waals surface area contributed by atoms with Crippen LogP contribution in [0.25, 0.3) is 0 Å². The highest BCUT2D eigenvalue weighted by Crippen LogP contribution is 2.39. The first-order valence-electron chi connectivity index (χ1n) is 6.33. The van der Waals surface area contributed by atoms with Gasteiger partial charge in [-0.15, -0.1) is 6.58 Å². The summed E-state index contributed by atoms with van der Waals surface area (Å²) in [5.74, 6) is 0. The molecule has 0 aliphatic carbocycles. The molecule has 0 radical (unpaired) electrons. The standard InChI is InChI=1S/C16H19NO/c1-3-4-6-9-14(2)16(12-13-17-18-16)15-10-7-5-8-11-15/h3,5,7-11,13H,1,4,6,12H2,2H3/b14-9+. The highest BCUT2D eigenvalue weighted by molar-refractivity contribution is 5.63. The van der Waals surface area contributed by atoms with E-state index in [2.05, 4.69) is 36.9 Å². The maximum atomic E-state index is 5.69. The second kappa shape index (κ2) is 5.67. The van der Waals surface area contributed by atoms with Crippen molar-refractivity contribution in [3.63, 3.8) is 0 Å². The van der Waals surface area contributed by atoms with E-state index < -0.39 is 5.60 Å². The summed E-state index contributed by atoms with van der Waals surface area (Å²) in [5.41, 5.74) is 1.98. The smallest absolute Gasteiger partial charge is 0.188 e. The molecular weight excluding hydrogens is 222 g/mol. The van der Waals surface area contributed by atoms with Gasteiger partial charge in [0.2, 0.25) is 0 Å². The summed E-state index contributed by atoms with van der Waals surface area (Å²) in [6.45, 7) is 5.86. The predicted octanol–water partition coefficient (Wildman–Crippen LogP) is 4.20. The zero-order valence-electron chi connectivity index (χ0n) is 10.8. The van der Waals surface area contributed by atoms with Gasteiger partial charge in [0.15, 0.2) is 5.60 Å². The van der Waals surface area contributed by atoms with Gasteiger partial charge in [-0.25, -0.2) is 0 Å². The molecule has 2 nitrogen and oxygen atoms in total. The molecule has 0 bridgehead atoms. The first-order valence-corrected chi connectivity index (χ1v) is 6.33. The highest BCUT2D eigenvalue weighted by atomic mass is 16.7. The number of hydrogen-bond acceptors (Lipinski definition) is 2. The topological polar surface area (TPSA) is 21.6 Å². The summed E-state index contributed by atoms with van der Waals surface area (Å²) in [5, 5.41) is 3.98. The van der Waals surface area contributed by atoms with Crippen LogP contribution in [-0.4, -0.2) is 6.21 Å². The molecule has 2 heteroatoms. The largest absolute Gasteiger partial charge is 0.380 e. The molecule has 0 amide bonds. The normalized spacial score (nSPS) is 22.8. The van der Waals surface area contributed by atoms with Crippen LogP contribution in [-0.2, 0) is 10.4 Å². The third kappa shape index (κ3) is 2.37. The predicted molar refractivity (Wildman–Crippen MR) is 75.5 cm³/mol. The van der Waals surface area contributed by atoms with Gasteiger partial charge >= 0.3 is 0 Å². The Balaban J connectivity index is 2.28. The molecule has 18 heavy (non-hydrogen) atoms. The molecule has 0 saturated carbocycles. The van der Waals surface area contributed by atoms with Gasteiger partial charge in [0.1, 0.15) is 0 Å². The number of oxime groups is 1. The Morgan fingerprint density at radius 2 is 2.17 bits per heavy atom. The monoisotopic (exact) mass is 241 g/mol. The quantitative estimate of drug-likeness (QED) is 0.559. The molecule has 0 saturated heterocycles. The summed E-state index contributed by atoms with van der Waals surface area (Å²) < 4.78 is 0. The van der Waals surface area contributed by atoms with Gasteiger partial charge in [0, 0.05) is 18.2 Å². The van der Waals surface area contributed by atoms with Crippen molar-refractivity contribution in [2.45, 2.75) is 31.8 Å². The Labute approximate surface area is 109 Å². The Bertz CT molecular complexity index is 451. The molecule has 2 rings (SSSR count). The minimum absolute atomic E-state index is 0.400. The molecule has 1 aliphatic heterocycles. The van der Waals surface area contributed by atoms with E-state index in [1.807, 2.05) is 30.5 Å². The van der Waals surface area contributed by atoms with Gasteiger partial charge in [-0.3, -0.25) is 0 Å². The minimum Gasteiger partial charge on any atom is -0.380 e. The van der Waals surface area contributed by atoms with Crippen molar-refractivity contribution in [2.75, 3.05) is 0 Å². The Morgan fingerprint density at radius 1 is 1.39 bits per heavy atom. The van der Waals surface area contributed by atoms with Crippen LogP contribution in [0.15, 0.2) is 59.8 Å². The lowest BCUT2D eigenvalue weighted by atomic mass is 9.84. The van der Waals surface area contributed by atoms with Crippen molar-refractivity contribution in [3.8, 4) is 0 Å². The molecule has 0 N–H and O–H groups in total. The Morgan fingerprint density at radius 3 is 2.78 bits per heavy atom. The maximum Gasteiger partial charge on any atom is 0.188 e. The van der Waals surface area contributed by atoms with Crippen LogP contribution in [0.2, 0.25) is 0 Å². The summed E-state index contributed by atoms with van der Waals surface area (Å²) in [7, 11) is 0. The lowest BCUT2D eigenvalue weighted by Gasteiger charge is -2.28. The molecule has 1 heterocycles. The van der Waals surface area contributed by atoms with Gasteiger partial charge in [-0.1, -0.05) is 47.6 Å². The van der Waals surface area contributed by atoms with Crippen LogP contribution >= 0.6 is 0 Å². The maximum absolute atomic E-state index is 5.69. The van der Waals surface area contributed by atoms with Crippen LogP contribution in [0.1, 0.15) is 31.7 Å². The van der Waals surface area contributed by atoms with Crippen LogP contribution in [0.5, 0.6) is 0 Å². The van der Waals surface area contributed by atoms with Crippen LogP contribution in [0.3, 0.4) is 0 Å².